The number of nitrogens with one attached hydrogen (secondary N) is 4. The third kappa shape index (κ3) is 11.6. The van der Waals surface area contributed by atoms with Crippen molar-refractivity contribution in [1.29, 1.82) is 0 Å². The number of carbonyl (C=O) groups is 4. The maximum atomic E-state index is 12.0. The number of anilines is 6. The second-order valence-electron chi connectivity index (χ2n) is 11.7. The Morgan fingerprint density at radius 3 is 1.56 bits per heavy atom. The first kappa shape index (κ1) is 40.4. The van der Waals surface area contributed by atoms with Crippen molar-refractivity contribution in [2.24, 2.45) is 26.2 Å². The van der Waals surface area contributed by atoms with E-state index in [2.05, 4.69) is 66.5 Å². The molecule has 22 nitrogen and oxygen atoms in total. The molecule has 57 heavy (non-hydrogen) atoms. The molecule has 0 aliphatic carbocycles. The summed E-state index contributed by atoms with van der Waals surface area (Å²) >= 11 is 0. The van der Waals surface area contributed by atoms with E-state index < -0.39 is 23.9 Å². The predicted octanol–water partition coefficient (Wildman–Crippen LogP) is 7.32. The number of carboxylic acids is 2. The normalized spacial score (nSPS) is 11.1. The Kier molecular flexibility index (Phi) is 13.1. The molecule has 0 bridgehead atoms. The van der Waals surface area contributed by atoms with Gasteiger partial charge in [0.25, 0.3) is 0 Å². The first-order valence-electron chi connectivity index (χ1n) is 16.3. The Morgan fingerprint density at radius 2 is 1.12 bits per heavy atom. The minimum absolute atomic E-state index is 0.0404. The van der Waals surface area contributed by atoms with Crippen LogP contribution in [0.5, 0.6) is 0 Å². The second-order valence-corrected chi connectivity index (χ2v) is 11.7. The number of amides is 3. The van der Waals surface area contributed by atoms with E-state index in [1.54, 1.807) is 43.3 Å². The Bertz CT molecular complexity index is 2350. The van der Waals surface area contributed by atoms with E-state index in [0.29, 0.717) is 34.0 Å². The molecule has 10 N–H and O–H groups in total. The molecule has 1 heterocycles. The van der Waals surface area contributed by atoms with Crippen molar-refractivity contribution in [2.45, 2.75) is 27.1 Å². The van der Waals surface area contributed by atoms with E-state index in [0.717, 1.165) is 18.2 Å². The van der Waals surface area contributed by atoms with Crippen LogP contribution < -0.4 is 27.0 Å². The summed E-state index contributed by atoms with van der Waals surface area (Å²) in [6.07, 6.45) is 0. The zero-order valence-corrected chi connectivity index (χ0v) is 29.8. The van der Waals surface area contributed by atoms with Crippen molar-refractivity contribution in [3.05, 3.63) is 101 Å². The number of primary amides is 1. The zero-order valence-electron chi connectivity index (χ0n) is 29.8. The molecule has 0 unspecified atom stereocenters. The summed E-state index contributed by atoms with van der Waals surface area (Å²) in [6.45, 7) is 2.59. The van der Waals surface area contributed by atoms with Crippen LogP contribution in [0.1, 0.15) is 44.6 Å². The Morgan fingerprint density at radius 1 is 0.649 bits per heavy atom. The first-order valence-corrected chi connectivity index (χ1v) is 16.3. The average molecular weight is 781 g/mol. The Balaban J connectivity index is 1.38. The van der Waals surface area contributed by atoms with Crippen molar-refractivity contribution in [3.8, 4) is 0 Å². The van der Waals surface area contributed by atoms with Gasteiger partial charge in [0.1, 0.15) is 30.4 Å². The van der Waals surface area contributed by atoms with Crippen LogP contribution in [0.4, 0.5) is 62.2 Å². The summed E-state index contributed by atoms with van der Waals surface area (Å²) < 4.78 is 0. The van der Waals surface area contributed by atoms with Gasteiger partial charge in [-0.1, -0.05) is 6.07 Å². The monoisotopic (exact) mass is 780 g/mol. The lowest BCUT2D eigenvalue weighted by atomic mass is 10.1. The summed E-state index contributed by atoms with van der Waals surface area (Å²) in [5.74, 6) is -2.62. The minimum atomic E-state index is -1.35. The molecule has 5 rings (SSSR count). The number of nitrogens with zero attached hydrogens (tertiary/aromatic N) is 7. The number of aryl methyl sites for hydroxylation is 1. The number of benzene rings is 4. The molecule has 0 saturated heterocycles. The summed E-state index contributed by atoms with van der Waals surface area (Å²) in [5.41, 5.74) is 7.71. The van der Waals surface area contributed by atoms with Gasteiger partial charge >= 0.3 is 18.0 Å². The number of nitrogens with two attached hydrogens (primary N) is 1. The number of rotatable bonds is 16. The van der Waals surface area contributed by atoms with E-state index in [9.17, 15) is 29.4 Å². The lowest BCUT2D eigenvalue weighted by Gasteiger charge is -2.12. The van der Waals surface area contributed by atoms with Gasteiger partial charge in [-0.15, -0.1) is 10.2 Å². The van der Waals surface area contributed by atoms with E-state index in [1.165, 1.54) is 25.1 Å². The lowest BCUT2D eigenvalue weighted by molar-refractivity contribution is -0.254. The minimum Gasteiger partial charge on any atom is -0.478 e. The van der Waals surface area contributed by atoms with Crippen LogP contribution in [-0.4, -0.2) is 59.6 Å². The molecule has 0 spiro atoms. The van der Waals surface area contributed by atoms with Crippen LogP contribution in [0.25, 0.3) is 0 Å². The predicted molar refractivity (Wildman–Crippen MR) is 202 cm³/mol. The fourth-order valence-corrected chi connectivity index (χ4v) is 5.03. The van der Waals surface area contributed by atoms with Crippen molar-refractivity contribution in [2.75, 3.05) is 21.3 Å². The largest absolute Gasteiger partial charge is 0.478 e. The quantitative estimate of drug-likeness (QED) is 0.0269. The van der Waals surface area contributed by atoms with E-state index >= 15 is 0 Å². The molecule has 3 amide bonds. The van der Waals surface area contributed by atoms with Crippen LogP contribution in [-0.2, 0) is 27.8 Å². The van der Waals surface area contributed by atoms with Crippen LogP contribution in [0, 0.1) is 6.92 Å². The van der Waals surface area contributed by atoms with Gasteiger partial charge in [-0.05, 0) is 84.8 Å². The third-order valence-electron chi connectivity index (χ3n) is 7.28. The highest BCUT2D eigenvalue weighted by atomic mass is 17.1. The molecule has 0 atom stereocenters. The molecule has 4 aromatic carbocycles. The molecule has 0 saturated carbocycles. The number of carboxylic acid groups (broad SMARTS) is 2. The zero-order chi connectivity index (χ0) is 41.1. The maximum Gasteiger partial charge on any atom is 0.335 e. The van der Waals surface area contributed by atoms with Gasteiger partial charge in [0.2, 0.25) is 17.8 Å². The molecule has 0 radical (unpaired) electrons. The molecule has 1 aromatic heterocycles. The Labute approximate surface area is 321 Å². The van der Waals surface area contributed by atoms with Crippen LogP contribution in [0.15, 0.2) is 93.3 Å². The fourth-order valence-electron chi connectivity index (χ4n) is 5.03. The molecule has 22 heteroatoms. The SMILES string of the molecule is CC(=O)Nc1cc(Nc2nc(C)nc(Nc3ccc(N=Nc4cc(COO)cc(COO)c4)c(NC(N)=O)c3)n2)ccc1N=Nc1cc(C(=O)O)cc(C(=O)O)c1. The summed E-state index contributed by atoms with van der Waals surface area (Å²) in [5, 5.41) is 64.2. The molecule has 292 valence electrons. The van der Waals surface area contributed by atoms with Crippen LogP contribution in [0.2, 0.25) is 0 Å². The van der Waals surface area contributed by atoms with Crippen molar-refractivity contribution in [1.82, 2.24) is 15.0 Å². The number of hydrogen-bond acceptors (Lipinski definition) is 17. The number of aromatic nitrogens is 3. The van der Waals surface area contributed by atoms with E-state index in [4.69, 9.17) is 16.2 Å². The number of carbonyl (C=O) groups excluding carboxylic acids is 2. The lowest BCUT2D eigenvalue weighted by Crippen LogP contribution is -2.19. The first-order chi connectivity index (χ1) is 27.3. The third-order valence-corrected chi connectivity index (χ3v) is 7.28. The standard InChI is InChI=1S/C35H32N12O10/c1-17-37-34(40-23-3-5-27(29(13-23)39-18(2)48)46-45-26-11-21(31(49)50)10-22(12-26)32(51)52)43-35(38-17)41-24-4-6-28(30(14-24)42-33(36)53)47-44-25-8-19(15-56-54)7-20(9-25)16-57-55/h3-14,54-55H,15-16H2,1-2H3,(H,39,48)(H,49,50)(H,51,52)(H3,36,42,53)(H2,37,38,40,41,43). The van der Waals surface area contributed by atoms with Crippen molar-refractivity contribution >= 4 is 81.3 Å². The highest BCUT2D eigenvalue weighted by Crippen LogP contribution is 2.33. The molecule has 0 aliphatic heterocycles. The van der Waals surface area contributed by atoms with Gasteiger partial charge in [0.15, 0.2) is 0 Å². The Hall–Kier alpha value is -7.79. The van der Waals surface area contributed by atoms with Crippen molar-refractivity contribution < 1.29 is 49.7 Å². The molecular weight excluding hydrogens is 748 g/mol. The molecular formula is C35H32N12O10. The molecule has 0 aliphatic rings. The topological polar surface area (TPSA) is 330 Å². The smallest absolute Gasteiger partial charge is 0.335 e. The fraction of sp³-hybridized carbons (Fsp3) is 0.114. The van der Waals surface area contributed by atoms with E-state index in [1.807, 2.05) is 0 Å². The highest BCUT2D eigenvalue weighted by molar-refractivity contribution is 5.96. The molecule has 0 fully saturated rings. The van der Waals surface area contributed by atoms with Crippen molar-refractivity contribution in [3.63, 3.8) is 0 Å². The maximum absolute atomic E-state index is 12.0. The van der Waals surface area contributed by atoms with Gasteiger partial charge in [0, 0.05) is 18.3 Å². The van der Waals surface area contributed by atoms with Gasteiger partial charge in [-0.2, -0.15) is 25.2 Å². The summed E-state index contributed by atoms with van der Waals surface area (Å²) in [6, 6.07) is 16.5. The average Bonchev–Trinajstić information content (AvgIpc) is 3.13. The van der Waals surface area contributed by atoms with Gasteiger partial charge in [-0.3, -0.25) is 15.3 Å². The number of aromatic carboxylic acids is 2. The number of hydrogen-bond donors (Lipinski definition) is 9. The van der Waals surface area contributed by atoms with Crippen LogP contribution in [0.3, 0.4) is 0 Å². The molecule has 5 aromatic rings. The van der Waals surface area contributed by atoms with Crippen LogP contribution >= 0.6 is 0 Å². The number of azo groups is 2. The van der Waals surface area contributed by atoms with Gasteiger partial charge in [-0.25, -0.2) is 24.2 Å². The second kappa shape index (κ2) is 18.5. The summed E-state index contributed by atoms with van der Waals surface area (Å²) in [4.78, 5) is 68.3. The van der Waals surface area contributed by atoms with Gasteiger partial charge in [0.05, 0.1) is 33.9 Å². The summed E-state index contributed by atoms with van der Waals surface area (Å²) in [7, 11) is 0. The highest BCUT2D eigenvalue weighted by Gasteiger charge is 2.14. The van der Waals surface area contributed by atoms with E-state index in [-0.39, 0.29) is 64.7 Å². The number of urea groups is 1. The van der Waals surface area contributed by atoms with Gasteiger partial charge < -0.3 is 37.2 Å².